The van der Waals surface area contributed by atoms with Gasteiger partial charge >= 0.3 is 0 Å². The fourth-order valence-electron chi connectivity index (χ4n) is 1.80. The summed E-state index contributed by atoms with van der Waals surface area (Å²) in [5.41, 5.74) is 7.82. The monoisotopic (exact) mass is 244 g/mol. The molecule has 4 nitrogen and oxygen atoms in total. The first-order valence-electron chi connectivity index (χ1n) is 5.72. The van der Waals surface area contributed by atoms with E-state index in [1.54, 1.807) is 36.4 Å². The number of hydrogen-bond acceptors (Lipinski definition) is 3. The quantitative estimate of drug-likeness (QED) is 0.844. The third-order valence-corrected chi connectivity index (χ3v) is 2.91. The molecule has 0 atom stereocenters. The molecule has 2 aromatic rings. The standard InChI is InChI=1S/C14H16N2O2/c1-10-11(7-8-18-10)9-16(2)14(17)12-5-3-4-6-13(12)15/h3-8H,9,15H2,1-2H3. The van der Waals surface area contributed by atoms with Crippen LogP contribution in [-0.2, 0) is 6.54 Å². The molecule has 1 aromatic carbocycles. The molecule has 1 amide bonds. The fraction of sp³-hybridized carbons (Fsp3) is 0.214. The van der Waals surface area contributed by atoms with E-state index in [4.69, 9.17) is 10.2 Å². The molecule has 2 rings (SSSR count). The van der Waals surface area contributed by atoms with Gasteiger partial charge in [0.1, 0.15) is 5.76 Å². The molecule has 0 saturated carbocycles. The van der Waals surface area contributed by atoms with Crippen molar-refractivity contribution in [3.63, 3.8) is 0 Å². The van der Waals surface area contributed by atoms with Crippen LogP contribution in [0.3, 0.4) is 0 Å². The van der Waals surface area contributed by atoms with E-state index in [0.29, 0.717) is 17.8 Å². The van der Waals surface area contributed by atoms with E-state index < -0.39 is 0 Å². The molecular weight excluding hydrogens is 228 g/mol. The van der Waals surface area contributed by atoms with Gasteiger partial charge in [0.15, 0.2) is 0 Å². The van der Waals surface area contributed by atoms with Crippen LogP contribution in [-0.4, -0.2) is 17.9 Å². The number of furan rings is 1. The molecule has 0 unspecified atom stereocenters. The second-order valence-corrected chi connectivity index (χ2v) is 4.25. The van der Waals surface area contributed by atoms with Crippen molar-refractivity contribution in [3.05, 3.63) is 53.5 Å². The Hall–Kier alpha value is -2.23. The van der Waals surface area contributed by atoms with Gasteiger partial charge in [0.05, 0.1) is 11.8 Å². The normalized spacial score (nSPS) is 10.3. The number of carbonyl (C=O) groups excluding carboxylic acids is 1. The Bertz CT molecular complexity index is 560. The van der Waals surface area contributed by atoms with E-state index in [1.807, 2.05) is 19.1 Å². The van der Waals surface area contributed by atoms with Gasteiger partial charge < -0.3 is 15.1 Å². The average molecular weight is 244 g/mol. The molecule has 18 heavy (non-hydrogen) atoms. The van der Waals surface area contributed by atoms with E-state index in [1.165, 1.54) is 0 Å². The molecule has 94 valence electrons. The van der Waals surface area contributed by atoms with Gasteiger partial charge in [-0.05, 0) is 25.1 Å². The first-order chi connectivity index (χ1) is 8.59. The molecule has 0 bridgehead atoms. The predicted octanol–water partition coefficient (Wildman–Crippen LogP) is 2.44. The highest BCUT2D eigenvalue weighted by molar-refractivity contribution is 5.98. The van der Waals surface area contributed by atoms with Crippen molar-refractivity contribution < 1.29 is 9.21 Å². The van der Waals surface area contributed by atoms with Crippen LogP contribution < -0.4 is 5.73 Å². The van der Waals surface area contributed by atoms with Crippen molar-refractivity contribution in [2.75, 3.05) is 12.8 Å². The highest BCUT2D eigenvalue weighted by Gasteiger charge is 2.15. The van der Waals surface area contributed by atoms with E-state index in [-0.39, 0.29) is 5.91 Å². The molecule has 2 N–H and O–H groups in total. The molecule has 1 heterocycles. The number of amides is 1. The molecule has 0 saturated heterocycles. The van der Waals surface area contributed by atoms with E-state index in [0.717, 1.165) is 11.3 Å². The molecule has 0 aliphatic carbocycles. The van der Waals surface area contributed by atoms with Gasteiger partial charge in [-0.25, -0.2) is 0 Å². The van der Waals surface area contributed by atoms with Crippen LogP contribution in [0.15, 0.2) is 41.0 Å². The lowest BCUT2D eigenvalue weighted by molar-refractivity contribution is 0.0785. The maximum Gasteiger partial charge on any atom is 0.255 e. The Morgan fingerprint density at radius 2 is 2.06 bits per heavy atom. The minimum absolute atomic E-state index is 0.0892. The number of nitrogens with two attached hydrogens (primary N) is 1. The number of anilines is 1. The third kappa shape index (κ3) is 2.37. The molecule has 0 aliphatic rings. The van der Waals surface area contributed by atoms with Crippen molar-refractivity contribution in [1.29, 1.82) is 0 Å². The van der Waals surface area contributed by atoms with E-state index in [2.05, 4.69) is 0 Å². The lowest BCUT2D eigenvalue weighted by Crippen LogP contribution is -2.27. The summed E-state index contributed by atoms with van der Waals surface area (Å²) in [5, 5.41) is 0. The molecule has 0 radical (unpaired) electrons. The Kier molecular flexibility index (Phi) is 3.37. The zero-order chi connectivity index (χ0) is 13.1. The van der Waals surface area contributed by atoms with E-state index in [9.17, 15) is 4.79 Å². The summed E-state index contributed by atoms with van der Waals surface area (Å²) >= 11 is 0. The van der Waals surface area contributed by atoms with E-state index >= 15 is 0 Å². The predicted molar refractivity (Wildman–Crippen MR) is 70.1 cm³/mol. The number of nitrogen functional groups attached to an aromatic ring is 1. The highest BCUT2D eigenvalue weighted by Crippen LogP contribution is 2.16. The summed E-state index contributed by atoms with van der Waals surface area (Å²) in [6, 6.07) is 8.95. The largest absolute Gasteiger partial charge is 0.469 e. The van der Waals surface area contributed by atoms with Crippen molar-refractivity contribution in [3.8, 4) is 0 Å². The van der Waals surface area contributed by atoms with Crippen LogP contribution in [0.4, 0.5) is 5.69 Å². The Morgan fingerprint density at radius 1 is 1.33 bits per heavy atom. The van der Waals surface area contributed by atoms with Crippen molar-refractivity contribution in [1.82, 2.24) is 4.90 Å². The second-order valence-electron chi connectivity index (χ2n) is 4.25. The first-order valence-corrected chi connectivity index (χ1v) is 5.72. The van der Waals surface area contributed by atoms with Crippen LogP contribution in [0.1, 0.15) is 21.7 Å². The minimum atomic E-state index is -0.0892. The van der Waals surface area contributed by atoms with Crippen LogP contribution in [0.5, 0.6) is 0 Å². The summed E-state index contributed by atoms with van der Waals surface area (Å²) in [6.45, 7) is 2.39. The van der Waals surface area contributed by atoms with Gasteiger partial charge in [-0.15, -0.1) is 0 Å². The maximum absolute atomic E-state index is 12.2. The molecule has 0 aliphatic heterocycles. The molecule has 4 heteroatoms. The zero-order valence-corrected chi connectivity index (χ0v) is 10.5. The SMILES string of the molecule is Cc1occc1CN(C)C(=O)c1ccccc1N. The topological polar surface area (TPSA) is 59.5 Å². The van der Waals surface area contributed by atoms with Crippen LogP contribution in [0.25, 0.3) is 0 Å². The molecule has 0 fully saturated rings. The summed E-state index contributed by atoms with van der Waals surface area (Å²) in [6.07, 6.45) is 1.62. The van der Waals surface area contributed by atoms with Crippen molar-refractivity contribution >= 4 is 11.6 Å². The van der Waals surface area contributed by atoms with Gasteiger partial charge in [0, 0.05) is 24.8 Å². The fourth-order valence-corrected chi connectivity index (χ4v) is 1.80. The highest BCUT2D eigenvalue weighted by atomic mass is 16.3. The number of aryl methyl sites for hydroxylation is 1. The van der Waals surface area contributed by atoms with Gasteiger partial charge in [-0.2, -0.15) is 0 Å². The van der Waals surface area contributed by atoms with Gasteiger partial charge in [0.2, 0.25) is 0 Å². The van der Waals surface area contributed by atoms with Crippen LogP contribution in [0.2, 0.25) is 0 Å². The lowest BCUT2D eigenvalue weighted by atomic mass is 10.1. The molecule has 1 aromatic heterocycles. The van der Waals surface area contributed by atoms with Crippen LogP contribution in [0, 0.1) is 6.92 Å². The lowest BCUT2D eigenvalue weighted by Gasteiger charge is -2.17. The number of nitrogens with zero attached hydrogens (tertiary/aromatic N) is 1. The van der Waals surface area contributed by atoms with Gasteiger partial charge in [-0.3, -0.25) is 4.79 Å². The summed E-state index contributed by atoms with van der Waals surface area (Å²) in [4.78, 5) is 13.8. The Balaban J connectivity index is 2.15. The molecular formula is C14H16N2O2. The number of carbonyl (C=O) groups is 1. The summed E-state index contributed by atoms with van der Waals surface area (Å²) in [5.74, 6) is 0.740. The summed E-state index contributed by atoms with van der Waals surface area (Å²) < 4.78 is 5.21. The summed E-state index contributed by atoms with van der Waals surface area (Å²) in [7, 11) is 1.75. The Labute approximate surface area is 106 Å². The Morgan fingerprint density at radius 3 is 2.67 bits per heavy atom. The zero-order valence-electron chi connectivity index (χ0n) is 10.5. The molecule has 0 spiro atoms. The maximum atomic E-state index is 12.2. The smallest absolute Gasteiger partial charge is 0.255 e. The second kappa shape index (κ2) is 4.96. The average Bonchev–Trinajstić information content (AvgIpc) is 2.75. The van der Waals surface area contributed by atoms with Gasteiger partial charge in [-0.1, -0.05) is 12.1 Å². The number of para-hydroxylation sites is 1. The van der Waals surface area contributed by atoms with Crippen molar-refractivity contribution in [2.24, 2.45) is 0 Å². The van der Waals surface area contributed by atoms with Crippen LogP contribution >= 0.6 is 0 Å². The first kappa shape index (κ1) is 12.2. The number of benzene rings is 1. The minimum Gasteiger partial charge on any atom is -0.469 e. The van der Waals surface area contributed by atoms with Crippen molar-refractivity contribution in [2.45, 2.75) is 13.5 Å². The van der Waals surface area contributed by atoms with Gasteiger partial charge in [0.25, 0.3) is 5.91 Å². The number of hydrogen-bond donors (Lipinski definition) is 1. The third-order valence-electron chi connectivity index (χ3n) is 2.91. The number of rotatable bonds is 3.